The zero-order valence-corrected chi connectivity index (χ0v) is 7.34. The summed E-state index contributed by atoms with van der Waals surface area (Å²) in [5.41, 5.74) is 1.000. The highest BCUT2D eigenvalue weighted by atomic mass is 16.1. The Labute approximate surface area is 76.8 Å². The normalized spacial score (nSPS) is 22.8. The van der Waals surface area contributed by atoms with E-state index in [9.17, 15) is 4.79 Å². The van der Waals surface area contributed by atoms with Crippen LogP contribution in [0.4, 0.5) is 0 Å². The Hall–Kier alpha value is -1.32. The van der Waals surface area contributed by atoms with Gasteiger partial charge in [-0.2, -0.15) is 0 Å². The van der Waals surface area contributed by atoms with Crippen molar-refractivity contribution < 1.29 is 4.79 Å². The number of piperidine rings is 1. The smallest absolute Gasteiger partial charge is 0.220 e. The molecule has 2 N–H and O–H groups in total. The van der Waals surface area contributed by atoms with E-state index in [4.69, 9.17) is 0 Å². The van der Waals surface area contributed by atoms with Crippen LogP contribution in [0.1, 0.15) is 18.5 Å². The summed E-state index contributed by atoms with van der Waals surface area (Å²) in [6, 6.07) is 0. The van der Waals surface area contributed by atoms with E-state index in [1.54, 1.807) is 0 Å². The molecule has 2 rings (SSSR count). The molecule has 1 radical (unpaired) electrons. The van der Waals surface area contributed by atoms with Gasteiger partial charge in [0, 0.05) is 19.2 Å². The minimum absolute atomic E-state index is 0.163. The average molecular weight is 178 g/mol. The maximum Gasteiger partial charge on any atom is 0.220 e. The van der Waals surface area contributed by atoms with Gasteiger partial charge in [0.05, 0.1) is 5.69 Å². The van der Waals surface area contributed by atoms with Gasteiger partial charge in [-0.3, -0.25) is 4.79 Å². The first-order valence-corrected chi connectivity index (χ1v) is 4.51. The first kappa shape index (κ1) is 8.29. The molecule has 0 aliphatic carbocycles. The number of carbonyl (C=O) groups is 1. The number of amides is 1. The molecule has 1 unspecified atom stereocenters. The predicted molar refractivity (Wildman–Crippen MR) is 46.9 cm³/mol. The second-order valence-corrected chi connectivity index (χ2v) is 3.42. The average Bonchev–Trinajstić information content (AvgIpc) is 2.57. The molecular formula is C9H12N3O. The van der Waals surface area contributed by atoms with Crippen molar-refractivity contribution in [2.45, 2.75) is 19.3 Å². The molecule has 13 heavy (non-hydrogen) atoms. The maximum absolute atomic E-state index is 11.1. The van der Waals surface area contributed by atoms with Crippen LogP contribution in [0.3, 0.4) is 0 Å². The zero-order valence-electron chi connectivity index (χ0n) is 7.34. The van der Waals surface area contributed by atoms with Gasteiger partial charge in [-0.15, -0.1) is 0 Å². The second-order valence-electron chi connectivity index (χ2n) is 3.42. The Morgan fingerprint density at radius 1 is 1.69 bits per heavy atom. The first-order valence-electron chi connectivity index (χ1n) is 4.51. The lowest BCUT2D eigenvalue weighted by Crippen LogP contribution is -2.34. The summed E-state index contributed by atoms with van der Waals surface area (Å²) in [6.45, 7) is 0.803. The standard InChI is InChI=1S/C9H12N3O/c13-9-4-7(1-2-11-9)3-8-5-10-6-12-8/h5,7H,1-4H2,(H,10,12)(H,11,13). The number of carbonyl (C=O) groups excluding carboxylic acids is 1. The molecule has 0 spiro atoms. The number of rotatable bonds is 2. The van der Waals surface area contributed by atoms with Crippen molar-refractivity contribution in [3.05, 3.63) is 18.2 Å². The van der Waals surface area contributed by atoms with Crippen LogP contribution >= 0.6 is 0 Å². The Bertz CT molecular complexity index is 281. The van der Waals surface area contributed by atoms with E-state index < -0.39 is 0 Å². The van der Waals surface area contributed by atoms with Gasteiger partial charge in [-0.25, -0.2) is 4.98 Å². The van der Waals surface area contributed by atoms with Crippen molar-refractivity contribution in [1.82, 2.24) is 15.3 Å². The summed E-state index contributed by atoms with van der Waals surface area (Å²) >= 11 is 0. The van der Waals surface area contributed by atoms with E-state index in [1.165, 1.54) is 0 Å². The summed E-state index contributed by atoms with van der Waals surface area (Å²) in [5, 5.41) is 2.82. The molecule has 4 nitrogen and oxygen atoms in total. The van der Waals surface area contributed by atoms with Crippen LogP contribution < -0.4 is 5.32 Å². The van der Waals surface area contributed by atoms with Gasteiger partial charge in [0.25, 0.3) is 0 Å². The van der Waals surface area contributed by atoms with E-state index in [0.717, 1.165) is 25.1 Å². The van der Waals surface area contributed by atoms with Gasteiger partial charge in [0.2, 0.25) is 5.91 Å². The molecule has 1 aliphatic heterocycles. The lowest BCUT2D eigenvalue weighted by molar-refractivity contribution is -0.123. The third kappa shape index (κ3) is 2.08. The quantitative estimate of drug-likeness (QED) is 0.683. The fourth-order valence-corrected chi connectivity index (χ4v) is 1.68. The molecule has 0 saturated carbocycles. The fourth-order valence-electron chi connectivity index (χ4n) is 1.68. The molecule has 0 aromatic carbocycles. The Morgan fingerprint density at radius 2 is 2.62 bits per heavy atom. The molecule has 69 valence electrons. The van der Waals surface area contributed by atoms with Gasteiger partial charge in [-0.05, 0) is 18.8 Å². The highest BCUT2D eigenvalue weighted by molar-refractivity contribution is 5.76. The molecule has 1 fully saturated rings. The molecule has 4 heteroatoms. The number of nitrogens with zero attached hydrogens (tertiary/aromatic N) is 1. The van der Waals surface area contributed by atoms with Gasteiger partial charge < -0.3 is 10.3 Å². The minimum Gasteiger partial charge on any atom is -0.356 e. The third-order valence-corrected chi connectivity index (χ3v) is 2.35. The van der Waals surface area contributed by atoms with Crippen molar-refractivity contribution in [2.75, 3.05) is 6.54 Å². The maximum atomic E-state index is 11.1. The van der Waals surface area contributed by atoms with Crippen LogP contribution in [0.5, 0.6) is 0 Å². The number of aromatic amines is 1. The Morgan fingerprint density at radius 3 is 3.31 bits per heavy atom. The molecule has 1 amide bonds. The summed E-state index contributed by atoms with van der Waals surface area (Å²) < 4.78 is 0. The van der Waals surface area contributed by atoms with Crippen molar-refractivity contribution in [3.63, 3.8) is 0 Å². The van der Waals surface area contributed by atoms with Crippen LogP contribution in [0.25, 0.3) is 0 Å². The third-order valence-electron chi connectivity index (χ3n) is 2.35. The van der Waals surface area contributed by atoms with Crippen molar-refractivity contribution in [2.24, 2.45) is 5.92 Å². The van der Waals surface area contributed by atoms with Crippen LogP contribution in [0, 0.1) is 12.2 Å². The summed E-state index contributed by atoms with van der Waals surface area (Å²) in [6.07, 6.45) is 7.06. The first-order chi connectivity index (χ1) is 6.34. The van der Waals surface area contributed by atoms with Gasteiger partial charge in [0.1, 0.15) is 0 Å². The molecule has 0 bridgehead atoms. The number of aromatic nitrogens is 2. The zero-order chi connectivity index (χ0) is 9.10. The predicted octanol–water partition coefficient (Wildman–Crippen LogP) is 0.279. The van der Waals surface area contributed by atoms with Crippen molar-refractivity contribution >= 4 is 5.91 Å². The van der Waals surface area contributed by atoms with E-state index >= 15 is 0 Å². The number of imidazole rings is 1. The van der Waals surface area contributed by atoms with Crippen LogP contribution in [-0.4, -0.2) is 22.4 Å². The van der Waals surface area contributed by atoms with Gasteiger partial charge >= 0.3 is 0 Å². The van der Waals surface area contributed by atoms with E-state index in [-0.39, 0.29) is 5.91 Å². The van der Waals surface area contributed by atoms with E-state index in [0.29, 0.717) is 12.3 Å². The topological polar surface area (TPSA) is 57.8 Å². The Balaban J connectivity index is 1.91. The molecule has 2 heterocycles. The molecule has 1 aromatic rings. The monoisotopic (exact) mass is 178 g/mol. The van der Waals surface area contributed by atoms with Crippen LogP contribution in [0.2, 0.25) is 0 Å². The molecule has 1 saturated heterocycles. The Kier molecular flexibility index (Phi) is 2.29. The minimum atomic E-state index is 0.163. The van der Waals surface area contributed by atoms with Gasteiger partial charge in [-0.1, -0.05) is 0 Å². The second kappa shape index (κ2) is 3.60. The number of hydrogen-bond donors (Lipinski definition) is 2. The molecule has 1 aliphatic rings. The van der Waals surface area contributed by atoms with Crippen molar-refractivity contribution in [1.29, 1.82) is 0 Å². The highest BCUT2D eigenvalue weighted by Gasteiger charge is 2.19. The van der Waals surface area contributed by atoms with E-state index in [2.05, 4.69) is 21.6 Å². The number of hydrogen-bond acceptors (Lipinski definition) is 2. The van der Waals surface area contributed by atoms with E-state index in [1.807, 2.05) is 6.20 Å². The SMILES string of the molecule is O=C1CC(Cc2c[nH][c]n2)CCN1. The largest absolute Gasteiger partial charge is 0.356 e. The number of H-pyrrole nitrogens is 1. The molecule has 1 atom stereocenters. The highest BCUT2D eigenvalue weighted by Crippen LogP contribution is 2.16. The summed E-state index contributed by atoms with van der Waals surface area (Å²) in [4.78, 5) is 17.9. The molecule has 1 aromatic heterocycles. The summed E-state index contributed by atoms with van der Waals surface area (Å²) in [7, 11) is 0. The van der Waals surface area contributed by atoms with Gasteiger partial charge in [0.15, 0.2) is 6.33 Å². The van der Waals surface area contributed by atoms with Crippen LogP contribution in [0.15, 0.2) is 6.20 Å². The lowest BCUT2D eigenvalue weighted by Gasteiger charge is -2.20. The number of nitrogens with one attached hydrogen (secondary N) is 2. The molecular weight excluding hydrogens is 166 g/mol. The summed E-state index contributed by atoms with van der Waals surface area (Å²) in [5.74, 6) is 0.612. The fraction of sp³-hybridized carbons (Fsp3) is 0.556. The lowest BCUT2D eigenvalue weighted by atomic mass is 9.93. The van der Waals surface area contributed by atoms with Crippen LogP contribution in [-0.2, 0) is 11.2 Å². The van der Waals surface area contributed by atoms with Crippen molar-refractivity contribution in [3.8, 4) is 0 Å².